The Morgan fingerprint density at radius 1 is 1.57 bits per heavy atom. The minimum absolute atomic E-state index is 0.968. The van der Waals surface area contributed by atoms with E-state index in [1.807, 2.05) is 0 Å². The summed E-state index contributed by atoms with van der Waals surface area (Å²) in [5.41, 5.74) is 3.47. The number of hydrogen-bond donors (Lipinski definition) is 0. The minimum atomic E-state index is 0.968. The van der Waals surface area contributed by atoms with Gasteiger partial charge >= 0.3 is 0 Å². The summed E-state index contributed by atoms with van der Waals surface area (Å²) in [5.74, 6) is 0. The van der Waals surface area contributed by atoms with Crippen LogP contribution in [0.1, 0.15) is 12.8 Å². The summed E-state index contributed by atoms with van der Waals surface area (Å²) in [5, 5.41) is 0. The van der Waals surface area contributed by atoms with Crippen molar-refractivity contribution < 1.29 is 0 Å². The molecular formula is C6H7N. The van der Waals surface area contributed by atoms with E-state index < -0.39 is 0 Å². The smallest absolute Gasteiger partial charge is 0.0539 e. The van der Waals surface area contributed by atoms with Crippen molar-refractivity contribution >= 4 is 0 Å². The second kappa shape index (κ2) is 0.540. The molecule has 1 fully saturated rings. The van der Waals surface area contributed by atoms with E-state index in [1.165, 1.54) is 19.4 Å². The van der Waals surface area contributed by atoms with Crippen LogP contribution in [0.15, 0.2) is 11.3 Å². The lowest BCUT2D eigenvalue weighted by Crippen LogP contribution is -2.48. The van der Waals surface area contributed by atoms with E-state index in [0.717, 1.165) is 6.04 Å². The van der Waals surface area contributed by atoms with Gasteiger partial charge in [-0.15, -0.1) is 0 Å². The highest BCUT2D eigenvalue weighted by Gasteiger charge is 2.52. The zero-order valence-electron chi connectivity index (χ0n) is 4.15. The molecule has 3 aliphatic rings. The molecule has 1 nitrogen and oxygen atoms in total. The number of fused-ring (bicyclic) bond motifs is 3. The molecule has 1 aliphatic carbocycles. The monoisotopic (exact) mass is 93.1 g/mol. The van der Waals surface area contributed by atoms with E-state index in [2.05, 4.69) is 4.90 Å². The molecule has 2 heterocycles. The SMILES string of the molecule is C1C2=C1N1CCC21. The first-order valence-electron chi connectivity index (χ1n) is 2.95. The summed E-state index contributed by atoms with van der Waals surface area (Å²) in [6.45, 7) is 1.36. The summed E-state index contributed by atoms with van der Waals surface area (Å²) in [4.78, 5) is 2.52. The predicted molar refractivity (Wildman–Crippen MR) is 26.8 cm³/mol. The molecule has 2 aliphatic heterocycles. The van der Waals surface area contributed by atoms with Gasteiger partial charge in [0, 0.05) is 18.7 Å². The van der Waals surface area contributed by atoms with Crippen molar-refractivity contribution in [1.82, 2.24) is 4.90 Å². The molecule has 0 bridgehead atoms. The predicted octanol–water partition coefficient (Wildman–Crippen LogP) is 0.732. The van der Waals surface area contributed by atoms with Crippen LogP contribution in [0.3, 0.4) is 0 Å². The third kappa shape index (κ3) is 0.137. The summed E-state index contributed by atoms with van der Waals surface area (Å²) in [6.07, 6.45) is 2.84. The van der Waals surface area contributed by atoms with Crippen LogP contribution < -0.4 is 0 Å². The highest BCUT2D eigenvalue weighted by molar-refractivity contribution is 5.50. The molecule has 0 aromatic carbocycles. The maximum Gasteiger partial charge on any atom is 0.0539 e. The van der Waals surface area contributed by atoms with Gasteiger partial charge in [0.15, 0.2) is 0 Å². The summed E-state index contributed by atoms with van der Waals surface area (Å²) >= 11 is 0. The van der Waals surface area contributed by atoms with E-state index in [4.69, 9.17) is 0 Å². The van der Waals surface area contributed by atoms with Crippen LogP contribution in [0.5, 0.6) is 0 Å². The second-order valence-electron chi connectivity index (χ2n) is 2.65. The van der Waals surface area contributed by atoms with Crippen LogP contribution in [-0.2, 0) is 0 Å². The van der Waals surface area contributed by atoms with Crippen LogP contribution in [-0.4, -0.2) is 17.5 Å². The Balaban J connectivity index is 2.16. The van der Waals surface area contributed by atoms with E-state index in [-0.39, 0.29) is 0 Å². The van der Waals surface area contributed by atoms with Crippen molar-refractivity contribution in [3.63, 3.8) is 0 Å². The molecular weight excluding hydrogens is 86.1 g/mol. The molecule has 1 atom stereocenters. The maximum atomic E-state index is 2.52. The first-order valence-corrected chi connectivity index (χ1v) is 2.95. The molecule has 0 saturated carbocycles. The average Bonchev–Trinajstić information content (AvgIpc) is 2.14. The normalized spacial score (nSPS) is 41.1. The third-order valence-corrected chi connectivity index (χ3v) is 2.37. The zero-order valence-corrected chi connectivity index (χ0v) is 4.15. The quantitative estimate of drug-likeness (QED) is 0.427. The lowest BCUT2D eigenvalue weighted by molar-refractivity contribution is 0.157. The molecule has 0 aromatic rings. The van der Waals surface area contributed by atoms with Crippen molar-refractivity contribution in [1.29, 1.82) is 0 Å². The van der Waals surface area contributed by atoms with Gasteiger partial charge in [0.05, 0.1) is 6.04 Å². The van der Waals surface area contributed by atoms with Crippen molar-refractivity contribution in [2.24, 2.45) is 0 Å². The van der Waals surface area contributed by atoms with Gasteiger partial charge in [-0.1, -0.05) is 0 Å². The van der Waals surface area contributed by atoms with E-state index in [0.29, 0.717) is 0 Å². The van der Waals surface area contributed by atoms with Crippen molar-refractivity contribution in [2.75, 3.05) is 6.54 Å². The third-order valence-electron chi connectivity index (χ3n) is 2.37. The molecule has 0 aromatic heterocycles. The first kappa shape index (κ1) is 2.75. The first-order chi connectivity index (χ1) is 3.47. The topological polar surface area (TPSA) is 3.24 Å². The molecule has 1 unspecified atom stereocenters. The van der Waals surface area contributed by atoms with Gasteiger partial charge < -0.3 is 4.90 Å². The lowest BCUT2D eigenvalue weighted by atomic mass is 9.98. The molecule has 0 spiro atoms. The molecule has 7 heavy (non-hydrogen) atoms. The number of nitrogens with zero attached hydrogens (tertiary/aromatic N) is 1. The number of hydrogen-bond acceptors (Lipinski definition) is 1. The van der Waals surface area contributed by atoms with Crippen LogP contribution >= 0.6 is 0 Å². The van der Waals surface area contributed by atoms with Crippen LogP contribution in [0.25, 0.3) is 0 Å². The fraction of sp³-hybridized carbons (Fsp3) is 0.667. The molecule has 3 rings (SSSR count). The highest BCUT2D eigenvalue weighted by atomic mass is 15.3. The average molecular weight is 93.1 g/mol. The van der Waals surface area contributed by atoms with Gasteiger partial charge in [-0.05, 0) is 12.0 Å². The van der Waals surface area contributed by atoms with Crippen molar-refractivity contribution in [3.8, 4) is 0 Å². The van der Waals surface area contributed by atoms with E-state index in [9.17, 15) is 0 Å². The Kier molecular flexibility index (Phi) is 0.212. The molecule has 0 radical (unpaired) electrons. The Morgan fingerprint density at radius 2 is 2.57 bits per heavy atom. The summed E-state index contributed by atoms with van der Waals surface area (Å²) < 4.78 is 0. The zero-order chi connectivity index (χ0) is 4.43. The lowest BCUT2D eigenvalue weighted by Gasteiger charge is -2.44. The summed E-state index contributed by atoms with van der Waals surface area (Å²) in [6, 6.07) is 0.968. The van der Waals surface area contributed by atoms with E-state index >= 15 is 0 Å². The second-order valence-corrected chi connectivity index (χ2v) is 2.65. The van der Waals surface area contributed by atoms with Gasteiger partial charge in [0.1, 0.15) is 0 Å². The molecule has 0 N–H and O–H groups in total. The number of rotatable bonds is 0. The Labute approximate surface area is 42.6 Å². The minimum Gasteiger partial charge on any atom is -0.368 e. The Morgan fingerprint density at radius 3 is 2.86 bits per heavy atom. The standard InChI is InChI=1S/C6H7N/c1-2-7-5(1)4-3-6(4)7/h5H,1-3H2. The van der Waals surface area contributed by atoms with Gasteiger partial charge in [-0.25, -0.2) is 0 Å². The van der Waals surface area contributed by atoms with Gasteiger partial charge in [-0.2, -0.15) is 0 Å². The summed E-state index contributed by atoms with van der Waals surface area (Å²) in [7, 11) is 0. The molecule has 36 valence electrons. The highest BCUT2D eigenvalue weighted by Crippen LogP contribution is 2.55. The van der Waals surface area contributed by atoms with E-state index in [1.54, 1.807) is 11.3 Å². The number of allylic oxidation sites excluding steroid dienone is 1. The Hall–Kier alpha value is -0.460. The molecule has 1 saturated heterocycles. The molecule has 1 heteroatoms. The maximum absolute atomic E-state index is 2.52. The van der Waals surface area contributed by atoms with Crippen LogP contribution in [0.2, 0.25) is 0 Å². The largest absolute Gasteiger partial charge is 0.368 e. The Bertz CT molecular complexity index is 151. The van der Waals surface area contributed by atoms with Gasteiger partial charge in [0.2, 0.25) is 0 Å². The van der Waals surface area contributed by atoms with Crippen LogP contribution in [0.4, 0.5) is 0 Å². The molecule has 0 amide bonds. The van der Waals surface area contributed by atoms with Crippen molar-refractivity contribution in [3.05, 3.63) is 11.3 Å². The van der Waals surface area contributed by atoms with Crippen LogP contribution in [0, 0.1) is 0 Å². The van der Waals surface area contributed by atoms with Gasteiger partial charge in [0.25, 0.3) is 0 Å². The fourth-order valence-corrected chi connectivity index (χ4v) is 1.74. The fourth-order valence-electron chi connectivity index (χ4n) is 1.74. The van der Waals surface area contributed by atoms with Gasteiger partial charge in [-0.3, -0.25) is 0 Å². The van der Waals surface area contributed by atoms with Crippen molar-refractivity contribution in [2.45, 2.75) is 18.9 Å².